The van der Waals surface area contributed by atoms with Gasteiger partial charge in [-0.05, 0) is 55.8 Å². The molecule has 130 valence electrons. The van der Waals surface area contributed by atoms with Crippen LogP contribution in [0.25, 0.3) is 5.57 Å². The van der Waals surface area contributed by atoms with Gasteiger partial charge in [0, 0.05) is 23.0 Å². The molecule has 0 aromatic heterocycles. The highest BCUT2D eigenvalue weighted by Crippen LogP contribution is 2.30. The Balaban J connectivity index is 2.30. The van der Waals surface area contributed by atoms with Gasteiger partial charge in [-0.15, -0.1) is 0 Å². The summed E-state index contributed by atoms with van der Waals surface area (Å²) >= 11 is 0. The Kier molecular flexibility index (Phi) is 5.95. The van der Waals surface area contributed by atoms with Crippen molar-refractivity contribution in [2.24, 2.45) is 0 Å². The van der Waals surface area contributed by atoms with E-state index in [1.54, 1.807) is 62.9 Å². The third kappa shape index (κ3) is 4.47. The Labute approximate surface area is 147 Å². The molecular formula is C20H21NO4. The second-order valence-corrected chi connectivity index (χ2v) is 5.46. The van der Waals surface area contributed by atoms with E-state index in [1.807, 2.05) is 0 Å². The van der Waals surface area contributed by atoms with E-state index < -0.39 is 0 Å². The van der Waals surface area contributed by atoms with E-state index >= 15 is 0 Å². The Morgan fingerprint density at radius 2 is 1.48 bits per heavy atom. The van der Waals surface area contributed by atoms with Gasteiger partial charge in [0.05, 0.1) is 14.2 Å². The van der Waals surface area contributed by atoms with Crippen LogP contribution in [0.3, 0.4) is 0 Å². The number of ether oxygens (including phenoxy) is 2. The van der Waals surface area contributed by atoms with Crippen LogP contribution >= 0.6 is 0 Å². The number of carbonyl (C=O) groups excluding carboxylic acids is 2. The maximum Gasteiger partial charge on any atom is 0.161 e. The number of Topliss-reactive ketones (excluding diaryl/α,β-unsaturated/α-hetero) is 2. The summed E-state index contributed by atoms with van der Waals surface area (Å²) in [5.41, 5.74) is 2.65. The van der Waals surface area contributed by atoms with Gasteiger partial charge >= 0.3 is 0 Å². The summed E-state index contributed by atoms with van der Waals surface area (Å²) < 4.78 is 10.5. The normalized spacial score (nSPS) is 11.0. The van der Waals surface area contributed by atoms with Crippen LogP contribution in [0.2, 0.25) is 0 Å². The standard InChI is InChI=1S/C20H21NO4/c1-13(22)15-5-8-17(9-6-15)21-12-18(14(2)23)16-7-10-19(24-3)20(11-16)25-4/h5-12,21H,1-4H3. The van der Waals surface area contributed by atoms with Gasteiger partial charge in [0.2, 0.25) is 0 Å². The summed E-state index contributed by atoms with van der Waals surface area (Å²) in [7, 11) is 3.11. The number of rotatable bonds is 7. The van der Waals surface area contributed by atoms with Crippen LogP contribution in [-0.4, -0.2) is 25.8 Å². The average Bonchev–Trinajstić information content (AvgIpc) is 2.61. The van der Waals surface area contributed by atoms with Gasteiger partial charge in [-0.3, -0.25) is 9.59 Å². The summed E-state index contributed by atoms with van der Waals surface area (Å²) in [4.78, 5) is 23.3. The van der Waals surface area contributed by atoms with E-state index in [0.717, 1.165) is 11.3 Å². The zero-order valence-corrected chi connectivity index (χ0v) is 14.8. The molecule has 0 spiro atoms. The summed E-state index contributed by atoms with van der Waals surface area (Å²) in [5.74, 6) is 1.08. The van der Waals surface area contributed by atoms with Crippen molar-refractivity contribution in [3.8, 4) is 11.5 Å². The smallest absolute Gasteiger partial charge is 0.161 e. The first-order valence-electron chi connectivity index (χ1n) is 7.77. The van der Waals surface area contributed by atoms with Crippen LogP contribution in [0.5, 0.6) is 11.5 Å². The second kappa shape index (κ2) is 8.15. The molecule has 2 rings (SSSR count). The van der Waals surface area contributed by atoms with Gasteiger partial charge in [0.15, 0.2) is 23.1 Å². The summed E-state index contributed by atoms with van der Waals surface area (Å²) in [6.07, 6.45) is 1.65. The fourth-order valence-corrected chi connectivity index (χ4v) is 2.35. The minimum absolute atomic E-state index is 0.0110. The molecule has 0 heterocycles. The van der Waals surface area contributed by atoms with E-state index in [1.165, 1.54) is 13.8 Å². The van der Waals surface area contributed by atoms with Gasteiger partial charge in [-0.2, -0.15) is 0 Å². The number of nitrogens with one attached hydrogen (secondary N) is 1. The number of methoxy groups -OCH3 is 2. The van der Waals surface area contributed by atoms with Crippen molar-refractivity contribution in [2.45, 2.75) is 13.8 Å². The predicted octanol–water partition coefficient (Wildman–Crippen LogP) is 3.95. The van der Waals surface area contributed by atoms with Crippen molar-refractivity contribution in [2.75, 3.05) is 19.5 Å². The minimum atomic E-state index is -0.0833. The van der Waals surface area contributed by atoms with Gasteiger partial charge < -0.3 is 14.8 Å². The fraction of sp³-hybridized carbons (Fsp3) is 0.200. The van der Waals surface area contributed by atoms with Crippen LogP contribution in [-0.2, 0) is 4.79 Å². The van der Waals surface area contributed by atoms with Crippen LogP contribution < -0.4 is 14.8 Å². The molecular weight excluding hydrogens is 318 g/mol. The molecule has 2 aromatic rings. The van der Waals surface area contributed by atoms with E-state index in [2.05, 4.69) is 5.32 Å². The number of hydrogen-bond acceptors (Lipinski definition) is 5. The average molecular weight is 339 g/mol. The number of ketones is 2. The molecule has 0 amide bonds. The molecule has 2 aromatic carbocycles. The lowest BCUT2D eigenvalue weighted by molar-refractivity contribution is -0.111. The van der Waals surface area contributed by atoms with Crippen LogP contribution in [0, 0.1) is 0 Å². The molecule has 0 atom stereocenters. The second-order valence-electron chi connectivity index (χ2n) is 5.46. The molecule has 0 saturated carbocycles. The maximum absolute atomic E-state index is 12.0. The Hall–Kier alpha value is -3.08. The highest BCUT2D eigenvalue weighted by molar-refractivity contribution is 6.19. The number of benzene rings is 2. The zero-order valence-electron chi connectivity index (χ0n) is 14.8. The first-order valence-corrected chi connectivity index (χ1v) is 7.77. The van der Waals surface area contributed by atoms with E-state index in [9.17, 15) is 9.59 Å². The zero-order chi connectivity index (χ0) is 18.4. The quantitative estimate of drug-likeness (QED) is 0.611. The predicted molar refractivity (Wildman–Crippen MR) is 98.3 cm³/mol. The van der Waals surface area contributed by atoms with Crippen LogP contribution in [0.15, 0.2) is 48.7 Å². The topological polar surface area (TPSA) is 64.6 Å². The van der Waals surface area contributed by atoms with E-state index in [-0.39, 0.29) is 11.6 Å². The number of allylic oxidation sites excluding steroid dienone is 1. The molecule has 0 unspecified atom stereocenters. The van der Waals surface area contributed by atoms with Crippen LogP contribution in [0.4, 0.5) is 5.69 Å². The monoisotopic (exact) mass is 339 g/mol. The summed E-state index contributed by atoms with van der Waals surface area (Å²) in [6.45, 7) is 3.02. The molecule has 0 bridgehead atoms. The van der Waals surface area contributed by atoms with Crippen molar-refractivity contribution in [1.82, 2.24) is 0 Å². The lowest BCUT2D eigenvalue weighted by Gasteiger charge is -2.11. The van der Waals surface area contributed by atoms with Gasteiger partial charge in [-0.1, -0.05) is 6.07 Å². The Morgan fingerprint density at radius 1 is 0.880 bits per heavy atom. The minimum Gasteiger partial charge on any atom is -0.493 e. The van der Waals surface area contributed by atoms with Gasteiger partial charge in [0.1, 0.15) is 0 Å². The molecule has 5 nitrogen and oxygen atoms in total. The van der Waals surface area contributed by atoms with Gasteiger partial charge in [0.25, 0.3) is 0 Å². The highest BCUT2D eigenvalue weighted by atomic mass is 16.5. The number of hydrogen-bond donors (Lipinski definition) is 1. The van der Waals surface area contributed by atoms with Gasteiger partial charge in [-0.25, -0.2) is 0 Å². The Bertz CT molecular complexity index is 807. The van der Waals surface area contributed by atoms with Crippen molar-refractivity contribution < 1.29 is 19.1 Å². The van der Waals surface area contributed by atoms with E-state index in [4.69, 9.17) is 9.47 Å². The molecule has 0 saturated heterocycles. The molecule has 5 heteroatoms. The van der Waals surface area contributed by atoms with Crippen LogP contribution in [0.1, 0.15) is 29.8 Å². The van der Waals surface area contributed by atoms with Crippen molar-refractivity contribution >= 4 is 22.8 Å². The molecule has 0 radical (unpaired) electrons. The Morgan fingerprint density at radius 3 is 2.00 bits per heavy atom. The number of anilines is 1. The lowest BCUT2D eigenvalue weighted by Crippen LogP contribution is -2.01. The van der Waals surface area contributed by atoms with E-state index in [0.29, 0.717) is 22.6 Å². The molecule has 0 aliphatic heterocycles. The molecule has 0 aliphatic carbocycles. The molecule has 0 aliphatic rings. The number of carbonyl (C=O) groups is 2. The third-order valence-electron chi connectivity index (χ3n) is 3.75. The largest absolute Gasteiger partial charge is 0.493 e. The third-order valence-corrected chi connectivity index (χ3v) is 3.75. The first-order chi connectivity index (χ1) is 12.0. The summed E-state index contributed by atoms with van der Waals surface area (Å²) in [6, 6.07) is 12.4. The molecule has 25 heavy (non-hydrogen) atoms. The highest BCUT2D eigenvalue weighted by Gasteiger charge is 2.11. The lowest BCUT2D eigenvalue weighted by atomic mass is 10.0. The molecule has 0 fully saturated rings. The van der Waals surface area contributed by atoms with Crippen molar-refractivity contribution in [1.29, 1.82) is 0 Å². The maximum atomic E-state index is 12.0. The SMILES string of the molecule is COc1ccc(C(=CNc2ccc(C(C)=O)cc2)C(C)=O)cc1OC. The molecule has 1 N–H and O–H groups in total. The fourth-order valence-electron chi connectivity index (χ4n) is 2.35. The van der Waals surface area contributed by atoms with Crippen molar-refractivity contribution in [3.63, 3.8) is 0 Å². The summed E-state index contributed by atoms with van der Waals surface area (Å²) in [5, 5.41) is 3.09. The van der Waals surface area contributed by atoms with Crippen molar-refractivity contribution in [3.05, 3.63) is 59.8 Å². The first kappa shape index (κ1) is 18.3.